The van der Waals surface area contributed by atoms with E-state index in [1.807, 2.05) is 30.3 Å². The number of amides is 1. The molecule has 8 heteroatoms. The Labute approximate surface area is 169 Å². The maximum atomic E-state index is 12.6. The molecule has 2 aromatic rings. The van der Waals surface area contributed by atoms with Gasteiger partial charge in [-0.25, -0.2) is 13.8 Å². The summed E-state index contributed by atoms with van der Waals surface area (Å²) in [4.78, 5) is 12.4. The van der Waals surface area contributed by atoms with Gasteiger partial charge in [-0.2, -0.15) is 9.41 Å². The lowest BCUT2D eigenvalue weighted by atomic mass is 10.2. The summed E-state index contributed by atoms with van der Waals surface area (Å²) in [6, 6.07) is 15.4. The van der Waals surface area contributed by atoms with Crippen molar-refractivity contribution in [3.05, 3.63) is 70.8 Å². The highest BCUT2D eigenvalue weighted by Gasteiger charge is 2.27. The van der Waals surface area contributed by atoms with Crippen molar-refractivity contribution in [3.8, 4) is 0 Å². The van der Waals surface area contributed by atoms with Gasteiger partial charge in [-0.05, 0) is 42.7 Å². The van der Waals surface area contributed by atoms with Crippen LogP contribution in [0.25, 0.3) is 6.08 Å². The summed E-state index contributed by atoms with van der Waals surface area (Å²) < 4.78 is 26.7. The fourth-order valence-corrected chi connectivity index (χ4v) is 4.58. The van der Waals surface area contributed by atoms with Crippen LogP contribution in [0.4, 0.5) is 0 Å². The average Bonchev–Trinajstić information content (AvgIpc) is 3.24. The smallest absolute Gasteiger partial charge is 0.267 e. The van der Waals surface area contributed by atoms with Crippen molar-refractivity contribution in [1.82, 2.24) is 9.73 Å². The Morgan fingerprint density at radius 1 is 1.07 bits per heavy atom. The molecule has 0 radical (unpaired) electrons. The van der Waals surface area contributed by atoms with Crippen LogP contribution in [0, 0.1) is 0 Å². The third-order valence-electron chi connectivity index (χ3n) is 4.26. The number of benzene rings is 2. The predicted molar refractivity (Wildman–Crippen MR) is 111 cm³/mol. The van der Waals surface area contributed by atoms with Gasteiger partial charge in [0.05, 0.1) is 16.1 Å². The first-order chi connectivity index (χ1) is 13.5. The van der Waals surface area contributed by atoms with Crippen LogP contribution in [0.2, 0.25) is 0 Å². The Morgan fingerprint density at radius 3 is 2.50 bits per heavy atom. The molecule has 0 atom stereocenters. The normalized spacial score (nSPS) is 15.8. The molecule has 1 heterocycles. The molecular weight excluding hydrogens is 398 g/mol. The van der Waals surface area contributed by atoms with E-state index >= 15 is 0 Å². The number of halogens is 1. The van der Waals surface area contributed by atoms with E-state index in [0.717, 1.165) is 18.4 Å². The molecule has 0 aliphatic carbocycles. The molecule has 0 unspecified atom stereocenters. The van der Waals surface area contributed by atoms with Crippen LogP contribution >= 0.6 is 11.6 Å². The van der Waals surface area contributed by atoms with Gasteiger partial charge in [-0.3, -0.25) is 4.79 Å². The molecule has 2 aromatic carbocycles. The predicted octanol–water partition coefficient (Wildman–Crippen LogP) is 3.47. The zero-order valence-corrected chi connectivity index (χ0v) is 16.7. The number of hydrazone groups is 1. The number of nitrogens with zero attached hydrogens (tertiary/aromatic N) is 2. The van der Waals surface area contributed by atoms with Crippen LogP contribution in [-0.2, 0) is 10.0 Å². The van der Waals surface area contributed by atoms with E-state index in [4.69, 9.17) is 11.6 Å². The van der Waals surface area contributed by atoms with E-state index in [9.17, 15) is 13.2 Å². The summed E-state index contributed by atoms with van der Waals surface area (Å²) in [5.74, 6) is -0.515. The van der Waals surface area contributed by atoms with Gasteiger partial charge in [0.15, 0.2) is 0 Å². The highest BCUT2D eigenvalue weighted by atomic mass is 35.5. The van der Waals surface area contributed by atoms with Crippen molar-refractivity contribution >= 4 is 39.8 Å². The molecule has 0 spiro atoms. The van der Waals surface area contributed by atoms with E-state index in [1.165, 1.54) is 28.7 Å². The minimum absolute atomic E-state index is 0.105. The van der Waals surface area contributed by atoms with E-state index in [2.05, 4.69) is 10.5 Å². The minimum atomic E-state index is -3.58. The Bertz CT molecular complexity index is 998. The zero-order chi connectivity index (χ0) is 20.0. The lowest BCUT2D eigenvalue weighted by Crippen LogP contribution is -2.28. The quantitative estimate of drug-likeness (QED) is 0.577. The van der Waals surface area contributed by atoms with E-state index in [1.54, 1.807) is 12.1 Å². The first kappa shape index (κ1) is 20.3. The Morgan fingerprint density at radius 2 is 1.79 bits per heavy atom. The van der Waals surface area contributed by atoms with Crippen molar-refractivity contribution in [1.29, 1.82) is 0 Å². The summed E-state index contributed by atoms with van der Waals surface area (Å²) in [6.07, 6.45) is 4.73. The molecule has 6 nitrogen and oxygen atoms in total. The maximum Gasteiger partial charge on any atom is 0.271 e. The fraction of sp³-hybridized carbons (Fsp3) is 0.200. The molecule has 0 bridgehead atoms. The topological polar surface area (TPSA) is 78.8 Å². The molecule has 0 aromatic heterocycles. The van der Waals surface area contributed by atoms with Crippen molar-refractivity contribution in [2.24, 2.45) is 5.10 Å². The number of sulfonamides is 1. The van der Waals surface area contributed by atoms with Crippen LogP contribution < -0.4 is 5.43 Å². The van der Waals surface area contributed by atoms with Gasteiger partial charge in [0.25, 0.3) is 5.91 Å². The molecule has 1 saturated heterocycles. The summed E-state index contributed by atoms with van der Waals surface area (Å²) in [7, 11) is -3.58. The summed E-state index contributed by atoms with van der Waals surface area (Å²) in [5, 5.41) is 4.17. The maximum absolute atomic E-state index is 12.6. The SMILES string of the molecule is O=C(NN=CC(Cl)=Cc1ccccc1)c1cccc(S(=O)(=O)N2CCCC2)c1. The van der Waals surface area contributed by atoms with Gasteiger partial charge in [0, 0.05) is 18.7 Å². The zero-order valence-electron chi connectivity index (χ0n) is 15.1. The first-order valence-corrected chi connectivity index (χ1v) is 10.6. The number of carbonyl (C=O) groups excluding carboxylic acids is 1. The van der Waals surface area contributed by atoms with E-state index in [-0.39, 0.29) is 10.5 Å². The largest absolute Gasteiger partial charge is 0.271 e. The number of carbonyl (C=O) groups is 1. The van der Waals surface area contributed by atoms with Crippen molar-refractivity contribution < 1.29 is 13.2 Å². The molecule has 1 fully saturated rings. The molecular formula is C20H20ClN3O3S. The Kier molecular flexibility index (Phi) is 6.61. The molecule has 0 saturated carbocycles. The highest BCUT2D eigenvalue weighted by molar-refractivity contribution is 7.89. The van der Waals surface area contributed by atoms with E-state index in [0.29, 0.717) is 18.1 Å². The number of hydrogen-bond donors (Lipinski definition) is 1. The number of hydrogen-bond acceptors (Lipinski definition) is 4. The van der Waals surface area contributed by atoms with Crippen molar-refractivity contribution in [3.63, 3.8) is 0 Å². The van der Waals surface area contributed by atoms with Gasteiger partial charge in [-0.15, -0.1) is 0 Å². The molecule has 1 aliphatic heterocycles. The molecule has 28 heavy (non-hydrogen) atoms. The number of allylic oxidation sites excluding steroid dienone is 1. The second-order valence-electron chi connectivity index (χ2n) is 6.28. The van der Waals surface area contributed by atoms with Crippen molar-refractivity contribution in [2.45, 2.75) is 17.7 Å². The average molecular weight is 418 g/mol. The summed E-state index contributed by atoms with van der Waals surface area (Å²) in [6.45, 7) is 1.02. The first-order valence-electron chi connectivity index (χ1n) is 8.83. The van der Waals surface area contributed by atoms with Gasteiger partial charge >= 0.3 is 0 Å². The number of rotatable bonds is 6. The molecule has 1 aliphatic rings. The monoisotopic (exact) mass is 417 g/mol. The minimum Gasteiger partial charge on any atom is -0.267 e. The molecule has 146 valence electrons. The lowest BCUT2D eigenvalue weighted by Gasteiger charge is -2.15. The second-order valence-corrected chi connectivity index (χ2v) is 8.65. The van der Waals surface area contributed by atoms with Gasteiger partial charge in [0.1, 0.15) is 0 Å². The molecule has 1 amide bonds. The van der Waals surface area contributed by atoms with Gasteiger partial charge in [0.2, 0.25) is 10.0 Å². The highest BCUT2D eigenvalue weighted by Crippen LogP contribution is 2.21. The third-order valence-corrected chi connectivity index (χ3v) is 6.36. The Balaban J connectivity index is 1.67. The van der Waals surface area contributed by atoms with Crippen LogP contribution in [0.3, 0.4) is 0 Å². The third kappa shape index (κ3) is 5.07. The van der Waals surface area contributed by atoms with Crippen molar-refractivity contribution in [2.75, 3.05) is 13.1 Å². The van der Waals surface area contributed by atoms with E-state index < -0.39 is 15.9 Å². The standard InChI is InChI=1S/C20H20ClN3O3S/c21-18(13-16-7-2-1-3-8-16)15-22-23-20(25)17-9-6-10-19(14-17)28(26,27)24-11-4-5-12-24/h1-3,6-10,13-15H,4-5,11-12H2,(H,23,25). The van der Waals surface area contributed by atoms with Gasteiger partial charge in [-0.1, -0.05) is 48.0 Å². The number of nitrogens with one attached hydrogen (secondary N) is 1. The lowest BCUT2D eigenvalue weighted by molar-refractivity contribution is 0.0955. The Hall–Kier alpha value is -2.48. The summed E-state index contributed by atoms with van der Waals surface area (Å²) >= 11 is 6.08. The van der Waals surface area contributed by atoms with Crippen LogP contribution in [0.5, 0.6) is 0 Å². The second kappa shape index (κ2) is 9.14. The fourth-order valence-electron chi connectivity index (χ4n) is 2.84. The van der Waals surface area contributed by atoms with Crippen LogP contribution in [0.1, 0.15) is 28.8 Å². The van der Waals surface area contributed by atoms with Gasteiger partial charge < -0.3 is 0 Å². The molecule has 3 rings (SSSR count). The van der Waals surface area contributed by atoms with Crippen LogP contribution in [0.15, 0.2) is 69.6 Å². The summed E-state index contributed by atoms with van der Waals surface area (Å²) in [5.41, 5.74) is 3.48. The molecule has 1 N–H and O–H groups in total. The van der Waals surface area contributed by atoms with Crippen LogP contribution in [-0.4, -0.2) is 37.9 Å².